The Bertz CT molecular complexity index is 579. The highest BCUT2D eigenvalue weighted by Gasteiger charge is 2.26. The molecule has 7 heteroatoms. The standard InChI is InChI=1S/C14H16FN3O.2ClH/c15-11-3-1-2-10(6-11)14-16-4-5-18(14)13-7-12(9-19)17-8-13;;/h1-6,12-13,17,19H,7-9H2;2*1H/t12-,13-;;/m0../s1. The molecule has 0 bridgehead atoms. The second-order valence-electron chi connectivity index (χ2n) is 4.85. The minimum Gasteiger partial charge on any atom is -0.395 e. The smallest absolute Gasteiger partial charge is 0.140 e. The van der Waals surface area contributed by atoms with E-state index in [0.717, 1.165) is 24.4 Å². The molecule has 1 saturated heterocycles. The monoisotopic (exact) mass is 333 g/mol. The lowest BCUT2D eigenvalue weighted by molar-refractivity contribution is 0.253. The van der Waals surface area contributed by atoms with Crippen LogP contribution < -0.4 is 5.32 Å². The quantitative estimate of drug-likeness (QED) is 0.906. The van der Waals surface area contributed by atoms with Gasteiger partial charge in [-0.3, -0.25) is 0 Å². The lowest BCUT2D eigenvalue weighted by Gasteiger charge is -2.14. The summed E-state index contributed by atoms with van der Waals surface area (Å²) in [4.78, 5) is 4.33. The van der Waals surface area contributed by atoms with E-state index in [1.165, 1.54) is 12.1 Å². The Hall–Kier alpha value is -1.14. The first kappa shape index (κ1) is 17.9. The van der Waals surface area contributed by atoms with Gasteiger partial charge in [0.1, 0.15) is 11.6 Å². The molecule has 116 valence electrons. The molecule has 4 nitrogen and oxygen atoms in total. The third kappa shape index (κ3) is 3.74. The van der Waals surface area contributed by atoms with Crippen molar-refractivity contribution >= 4 is 24.8 Å². The van der Waals surface area contributed by atoms with E-state index in [1.807, 2.05) is 12.3 Å². The molecule has 0 radical (unpaired) electrons. The SMILES string of the molecule is Cl.Cl.OC[C@@H]1C[C@H](n2ccnc2-c2cccc(F)c2)CN1. The highest BCUT2D eigenvalue weighted by Crippen LogP contribution is 2.26. The van der Waals surface area contributed by atoms with Crippen molar-refractivity contribution in [2.75, 3.05) is 13.2 Å². The van der Waals surface area contributed by atoms with Crippen LogP contribution in [0, 0.1) is 5.82 Å². The zero-order chi connectivity index (χ0) is 13.2. The Labute approximate surface area is 135 Å². The fourth-order valence-electron chi connectivity index (χ4n) is 2.61. The Morgan fingerprint density at radius 3 is 2.86 bits per heavy atom. The lowest BCUT2D eigenvalue weighted by atomic mass is 10.1. The van der Waals surface area contributed by atoms with Crippen molar-refractivity contribution in [1.29, 1.82) is 0 Å². The molecule has 1 aliphatic heterocycles. The molecule has 2 atom stereocenters. The molecule has 1 aromatic carbocycles. The van der Waals surface area contributed by atoms with Gasteiger partial charge in [-0.15, -0.1) is 24.8 Å². The van der Waals surface area contributed by atoms with Crippen LogP contribution in [-0.4, -0.2) is 33.9 Å². The maximum atomic E-state index is 13.3. The predicted octanol–water partition coefficient (Wildman–Crippen LogP) is 2.43. The Balaban J connectivity index is 0.00000110. The molecule has 2 heterocycles. The molecular formula is C14H18Cl2FN3O. The van der Waals surface area contributed by atoms with Crippen LogP contribution in [-0.2, 0) is 0 Å². The van der Waals surface area contributed by atoms with Crippen LogP contribution in [0.2, 0.25) is 0 Å². The molecule has 0 saturated carbocycles. The first-order valence-corrected chi connectivity index (χ1v) is 6.41. The van der Waals surface area contributed by atoms with E-state index >= 15 is 0 Å². The number of aliphatic hydroxyl groups is 1. The first-order valence-electron chi connectivity index (χ1n) is 6.41. The summed E-state index contributed by atoms with van der Waals surface area (Å²) in [5.41, 5.74) is 0.775. The second-order valence-corrected chi connectivity index (χ2v) is 4.85. The number of hydrogen-bond acceptors (Lipinski definition) is 3. The normalized spacial score (nSPS) is 20.7. The average molecular weight is 334 g/mol. The minimum absolute atomic E-state index is 0. The van der Waals surface area contributed by atoms with Crippen LogP contribution in [0.1, 0.15) is 12.5 Å². The van der Waals surface area contributed by atoms with Crippen LogP contribution in [0.15, 0.2) is 36.7 Å². The molecule has 21 heavy (non-hydrogen) atoms. The predicted molar refractivity (Wildman–Crippen MR) is 84.6 cm³/mol. The second kappa shape index (κ2) is 7.75. The van der Waals surface area contributed by atoms with E-state index < -0.39 is 0 Å². The summed E-state index contributed by atoms with van der Waals surface area (Å²) in [6.45, 7) is 0.935. The Morgan fingerprint density at radius 2 is 2.19 bits per heavy atom. The van der Waals surface area contributed by atoms with Crippen molar-refractivity contribution in [3.8, 4) is 11.4 Å². The van der Waals surface area contributed by atoms with Crippen molar-refractivity contribution in [2.24, 2.45) is 0 Å². The number of nitrogens with one attached hydrogen (secondary N) is 1. The van der Waals surface area contributed by atoms with Gasteiger partial charge in [0.2, 0.25) is 0 Å². The van der Waals surface area contributed by atoms with Crippen molar-refractivity contribution in [2.45, 2.75) is 18.5 Å². The lowest BCUT2D eigenvalue weighted by Crippen LogP contribution is -2.24. The van der Waals surface area contributed by atoms with Gasteiger partial charge in [-0.05, 0) is 18.6 Å². The largest absolute Gasteiger partial charge is 0.395 e. The molecule has 0 aliphatic carbocycles. The van der Waals surface area contributed by atoms with Crippen molar-refractivity contribution in [3.05, 3.63) is 42.5 Å². The third-order valence-electron chi connectivity index (χ3n) is 3.56. The fourth-order valence-corrected chi connectivity index (χ4v) is 2.61. The summed E-state index contributed by atoms with van der Waals surface area (Å²) in [7, 11) is 0. The van der Waals surface area contributed by atoms with E-state index in [4.69, 9.17) is 5.11 Å². The topological polar surface area (TPSA) is 50.1 Å². The number of nitrogens with zero attached hydrogens (tertiary/aromatic N) is 2. The summed E-state index contributed by atoms with van der Waals surface area (Å²) in [5.74, 6) is 0.509. The highest BCUT2D eigenvalue weighted by molar-refractivity contribution is 5.85. The zero-order valence-corrected chi connectivity index (χ0v) is 12.9. The van der Waals surface area contributed by atoms with E-state index in [1.54, 1.807) is 12.3 Å². The van der Waals surface area contributed by atoms with Gasteiger partial charge in [0.05, 0.1) is 6.61 Å². The molecule has 2 aromatic rings. The molecule has 3 rings (SSSR count). The van der Waals surface area contributed by atoms with Crippen LogP contribution >= 0.6 is 24.8 Å². The van der Waals surface area contributed by atoms with Gasteiger partial charge in [-0.2, -0.15) is 0 Å². The maximum Gasteiger partial charge on any atom is 0.140 e. The zero-order valence-electron chi connectivity index (χ0n) is 11.3. The summed E-state index contributed by atoms with van der Waals surface area (Å²) in [5, 5.41) is 12.4. The van der Waals surface area contributed by atoms with Gasteiger partial charge in [0.15, 0.2) is 0 Å². The van der Waals surface area contributed by atoms with Crippen LogP contribution in [0.25, 0.3) is 11.4 Å². The van der Waals surface area contributed by atoms with E-state index in [2.05, 4.69) is 14.9 Å². The molecule has 1 fully saturated rings. The summed E-state index contributed by atoms with van der Waals surface area (Å²) in [6, 6.07) is 6.84. The van der Waals surface area contributed by atoms with Gasteiger partial charge < -0.3 is 15.0 Å². The van der Waals surface area contributed by atoms with Crippen molar-refractivity contribution in [3.63, 3.8) is 0 Å². The van der Waals surface area contributed by atoms with Gasteiger partial charge in [0.25, 0.3) is 0 Å². The molecule has 0 amide bonds. The third-order valence-corrected chi connectivity index (χ3v) is 3.56. The van der Waals surface area contributed by atoms with Gasteiger partial charge >= 0.3 is 0 Å². The van der Waals surface area contributed by atoms with Crippen molar-refractivity contribution < 1.29 is 9.50 Å². The number of rotatable bonds is 3. The molecule has 0 unspecified atom stereocenters. The molecule has 1 aromatic heterocycles. The van der Waals surface area contributed by atoms with Crippen LogP contribution in [0.3, 0.4) is 0 Å². The summed E-state index contributed by atoms with van der Waals surface area (Å²) >= 11 is 0. The number of halogens is 3. The van der Waals surface area contributed by atoms with E-state index in [-0.39, 0.29) is 49.3 Å². The Morgan fingerprint density at radius 1 is 1.38 bits per heavy atom. The van der Waals surface area contributed by atoms with E-state index in [0.29, 0.717) is 0 Å². The van der Waals surface area contributed by atoms with Crippen molar-refractivity contribution in [1.82, 2.24) is 14.9 Å². The first-order chi connectivity index (χ1) is 9.28. The molecular weight excluding hydrogens is 316 g/mol. The molecule has 1 aliphatic rings. The number of hydrogen-bond donors (Lipinski definition) is 2. The average Bonchev–Trinajstić information content (AvgIpc) is 3.07. The summed E-state index contributed by atoms with van der Waals surface area (Å²) < 4.78 is 15.4. The van der Waals surface area contributed by atoms with Gasteiger partial charge in [0, 0.05) is 36.6 Å². The van der Waals surface area contributed by atoms with Crippen LogP contribution in [0.4, 0.5) is 4.39 Å². The fraction of sp³-hybridized carbons (Fsp3) is 0.357. The van der Waals surface area contributed by atoms with E-state index in [9.17, 15) is 4.39 Å². The molecule has 0 spiro atoms. The number of aliphatic hydroxyl groups excluding tert-OH is 1. The minimum atomic E-state index is -0.259. The maximum absolute atomic E-state index is 13.3. The summed E-state index contributed by atoms with van der Waals surface area (Å²) in [6.07, 6.45) is 4.49. The van der Waals surface area contributed by atoms with Gasteiger partial charge in [-0.1, -0.05) is 12.1 Å². The highest BCUT2D eigenvalue weighted by atomic mass is 35.5. The number of aromatic nitrogens is 2. The number of imidazole rings is 1. The van der Waals surface area contributed by atoms with Crippen LogP contribution in [0.5, 0.6) is 0 Å². The Kier molecular flexibility index (Phi) is 6.61. The number of benzene rings is 1. The van der Waals surface area contributed by atoms with Gasteiger partial charge in [-0.25, -0.2) is 9.37 Å². The molecule has 2 N–H and O–H groups in total.